The number of rotatable bonds is 4. The van der Waals surface area contributed by atoms with Gasteiger partial charge in [-0.15, -0.1) is 0 Å². The molecule has 4 heteroatoms. The standard InChI is InChI=1S/C16H18N2O2/c19-10-13-9-17-15-7-12(5-6-14(13)15)16(20)18-8-11-3-1-2-4-11/h5-7,9-11,17H,1-4,8H2,(H,18,20). The summed E-state index contributed by atoms with van der Waals surface area (Å²) in [6, 6.07) is 5.39. The average Bonchev–Trinajstić information content (AvgIpc) is 3.13. The van der Waals surface area contributed by atoms with Crippen molar-refractivity contribution in [1.82, 2.24) is 10.3 Å². The van der Waals surface area contributed by atoms with Crippen LogP contribution in [0.3, 0.4) is 0 Å². The first kappa shape index (κ1) is 12.9. The average molecular weight is 270 g/mol. The number of hydrogen-bond acceptors (Lipinski definition) is 2. The van der Waals surface area contributed by atoms with Crippen LogP contribution in [0.2, 0.25) is 0 Å². The summed E-state index contributed by atoms with van der Waals surface area (Å²) in [5.41, 5.74) is 2.08. The van der Waals surface area contributed by atoms with Crippen LogP contribution in [-0.2, 0) is 0 Å². The van der Waals surface area contributed by atoms with Crippen LogP contribution < -0.4 is 5.32 Å². The summed E-state index contributed by atoms with van der Waals surface area (Å²) in [7, 11) is 0. The molecule has 0 atom stereocenters. The number of carbonyl (C=O) groups is 2. The van der Waals surface area contributed by atoms with Crippen LogP contribution in [0.5, 0.6) is 0 Å². The lowest BCUT2D eigenvalue weighted by molar-refractivity contribution is 0.0947. The molecule has 0 radical (unpaired) electrons. The van der Waals surface area contributed by atoms with E-state index in [0.717, 1.165) is 23.7 Å². The van der Waals surface area contributed by atoms with Crippen LogP contribution in [0.25, 0.3) is 10.9 Å². The van der Waals surface area contributed by atoms with E-state index in [0.29, 0.717) is 17.0 Å². The highest BCUT2D eigenvalue weighted by molar-refractivity contribution is 6.02. The van der Waals surface area contributed by atoms with Crippen LogP contribution in [0.4, 0.5) is 0 Å². The van der Waals surface area contributed by atoms with Crippen molar-refractivity contribution < 1.29 is 9.59 Å². The number of amides is 1. The number of benzene rings is 1. The summed E-state index contributed by atoms with van der Waals surface area (Å²) in [6.45, 7) is 0.765. The number of aldehydes is 1. The number of aromatic nitrogens is 1. The molecule has 1 amide bonds. The van der Waals surface area contributed by atoms with Crippen molar-refractivity contribution in [2.75, 3.05) is 6.54 Å². The Bertz CT molecular complexity index is 639. The molecule has 2 aromatic rings. The van der Waals surface area contributed by atoms with Crippen molar-refractivity contribution in [3.05, 3.63) is 35.5 Å². The van der Waals surface area contributed by atoms with E-state index in [2.05, 4.69) is 10.3 Å². The SMILES string of the molecule is O=Cc1c[nH]c2cc(C(=O)NCC3CCCC3)ccc12. The zero-order chi connectivity index (χ0) is 13.9. The molecule has 1 aromatic heterocycles. The van der Waals surface area contributed by atoms with E-state index in [1.807, 2.05) is 6.07 Å². The Morgan fingerprint density at radius 3 is 2.90 bits per heavy atom. The Kier molecular flexibility index (Phi) is 3.54. The Morgan fingerprint density at radius 1 is 1.35 bits per heavy atom. The van der Waals surface area contributed by atoms with Crippen molar-refractivity contribution in [2.45, 2.75) is 25.7 Å². The topological polar surface area (TPSA) is 62.0 Å². The lowest BCUT2D eigenvalue weighted by atomic mass is 10.1. The van der Waals surface area contributed by atoms with Gasteiger partial charge in [0, 0.05) is 34.8 Å². The Morgan fingerprint density at radius 2 is 2.15 bits per heavy atom. The first-order chi connectivity index (χ1) is 9.78. The molecule has 1 aliphatic carbocycles. The van der Waals surface area contributed by atoms with Gasteiger partial charge in [0.05, 0.1) is 0 Å². The van der Waals surface area contributed by atoms with Gasteiger partial charge in [-0.05, 0) is 30.9 Å². The number of H-pyrrole nitrogens is 1. The maximum absolute atomic E-state index is 12.1. The molecule has 0 spiro atoms. The zero-order valence-corrected chi connectivity index (χ0v) is 11.3. The monoisotopic (exact) mass is 270 g/mol. The molecule has 1 fully saturated rings. The minimum Gasteiger partial charge on any atom is -0.360 e. The number of fused-ring (bicyclic) bond motifs is 1. The molecular weight excluding hydrogens is 252 g/mol. The third kappa shape index (κ3) is 2.46. The summed E-state index contributed by atoms with van der Waals surface area (Å²) in [5.74, 6) is 0.593. The zero-order valence-electron chi connectivity index (χ0n) is 11.3. The van der Waals surface area contributed by atoms with E-state index in [1.165, 1.54) is 25.7 Å². The van der Waals surface area contributed by atoms with Crippen LogP contribution in [0, 0.1) is 5.92 Å². The van der Waals surface area contributed by atoms with Crippen molar-refractivity contribution >= 4 is 23.1 Å². The first-order valence-electron chi connectivity index (χ1n) is 7.12. The Balaban J connectivity index is 1.72. The summed E-state index contributed by atoms with van der Waals surface area (Å²) in [4.78, 5) is 26.0. The fourth-order valence-corrected chi connectivity index (χ4v) is 2.94. The molecule has 20 heavy (non-hydrogen) atoms. The molecule has 2 N–H and O–H groups in total. The molecule has 1 aromatic carbocycles. The van der Waals surface area contributed by atoms with E-state index in [-0.39, 0.29) is 5.91 Å². The molecule has 3 rings (SSSR count). The second kappa shape index (κ2) is 5.49. The minimum atomic E-state index is -0.0407. The molecule has 0 bridgehead atoms. The van der Waals surface area contributed by atoms with Crippen LogP contribution >= 0.6 is 0 Å². The van der Waals surface area contributed by atoms with E-state index in [1.54, 1.807) is 18.3 Å². The van der Waals surface area contributed by atoms with Gasteiger partial charge in [0.1, 0.15) is 0 Å². The third-order valence-electron chi connectivity index (χ3n) is 4.13. The van der Waals surface area contributed by atoms with Gasteiger partial charge < -0.3 is 10.3 Å². The van der Waals surface area contributed by atoms with Gasteiger partial charge in [0.25, 0.3) is 5.91 Å². The number of aromatic amines is 1. The first-order valence-corrected chi connectivity index (χ1v) is 7.12. The summed E-state index contributed by atoms with van der Waals surface area (Å²) in [5, 5.41) is 3.86. The summed E-state index contributed by atoms with van der Waals surface area (Å²) in [6.07, 6.45) is 7.49. The fourth-order valence-electron chi connectivity index (χ4n) is 2.94. The van der Waals surface area contributed by atoms with Gasteiger partial charge in [-0.3, -0.25) is 9.59 Å². The lowest BCUT2D eigenvalue weighted by Gasteiger charge is -2.10. The molecule has 1 heterocycles. The summed E-state index contributed by atoms with van der Waals surface area (Å²) >= 11 is 0. The molecule has 0 aliphatic heterocycles. The second-order valence-corrected chi connectivity index (χ2v) is 5.48. The number of nitrogens with one attached hydrogen (secondary N) is 2. The van der Waals surface area contributed by atoms with Gasteiger partial charge in [-0.2, -0.15) is 0 Å². The van der Waals surface area contributed by atoms with Gasteiger partial charge in [-0.1, -0.05) is 18.9 Å². The van der Waals surface area contributed by atoms with E-state index in [4.69, 9.17) is 0 Å². The van der Waals surface area contributed by atoms with Crippen LogP contribution in [0.15, 0.2) is 24.4 Å². The summed E-state index contributed by atoms with van der Waals surface area (Å²) < 4.78 is 0. The molecule has 1 aliphatic rings. The predicted octanol–water partition coefficient (Wildman–Crippen LogP) is 2.90. The quantitative estimate of drug-likeness (QED) is 0.839. The highest BCUT2D eigenvalue weighted by atomic mass is 16.1. The van der Waals surface area contributed by atoms with Crippen molar-refractivity contribution in [1.29, 1.82) is 0 Å². The Labute approximate surface area is 117 Å². The van der Waals surface area contributed by atoms with E-state index in [9.17, 15) is 9.59 Å². The van der Waals surface area contributed by atoms with Crippen molar-refractivity contribution in [3.8, 4) is 0 Å². The second-order valence-electron chi connectivity index (χ2n) is 5.48. The normalized spacial score (nSPS) is 15.6. The van der Waals surface area contributed by atoms with Gasteiger partial charge in [-0.25, -0.2) is 0 Å². The maximum Gasteiger partial charge on any atom is 0.251 e. The lowest BCUT2D eigenvalue weighted by Crippen LogP contribution is -2.28. The molecule has 4 nitrogen and oxygen atoms in total. The fraction of sp³-hybridized carbons (Fsp3) is 0.375. The third-order valence-corrected chi connectivity index (χ3v) is 4.13. The molecule has 104 valence electrons. The minimum absolute atomic E-state index is 0.0407. The smallest absolute Gasteiger partial charge is 0.251 e. The predicted molar refractivity (Wildman–Crippen MR) is 78.0 cm³/mol. The van der Waals surface area contributed by atoms with Crippen molar-refractivity contribution in [3.63, 3.8) is 0 Å². The van der Waals surface area contributed by atoms with Gasteiger partial charge in [0.15, 0.2) is 6.29 Å². The maximum atomic E-state index is 12.1. The van der Waals surface area contributed by atoms with Crippen LogP contribution in [0.1, 0.15) is 46.4 Å². The highest BCUT2D eigenvalue weighted by Gasteiger charge is 2.16. The van der Waals surface area contributed by atoms with Crippen LogP contribution in [-0.4, -0.2) is 23.7 Å². The van der Waals surface area contributed by atoms with E-state index >= 15 is 0 Å². The molecule has 0 unspecified atom stereocenters. The van der Waals surface area contributed by atoms with Gasteiger partial charge in [0.2, 0.25) is 0 Å². The van der Waals surface area contributed by atoms with Crippen molar-refractivity contribution in [2.24, 2.45) is 5.92 Å². The van der Waals surface area contributed by atoms with E-state index < -0.39 is 0 Å². The number of hydrogen-bond donors (Lipinski definition) is 2. The highest BCUT2D eigenvalue weighted by Crippen LogP contribution is 2.24. The molecule has 0 saturated heterocycles. The number of carbonyl (C=O) groups excluding carboxylic acids is 2. The molecule has 1 saturated carbocycles. The molecular formula is C16H18N2O2. The van der Waals surface area contributed by atoms with Gasteiger partial charge >= 0.3 is 0 Å². The Hall–Kier alpha value is -2.10. The largest absolute Gasteiger partial charge is 0.360 e.